The van der Waals surface area contributed by atoms with Crippen LogP contribution in [0.2, 0.25) is 0 Å². The third-order valence-electron chi connectivity index (χ3n) is 4.03. The van der Waals surface area contributed by atoms with Crippen molar-refractivity contribution in [3.8, 4) is 0 Å². The van der Waals surface area contributed by atoms with Gasteiger partial charge in [0.1, 0.15) is 17.3 Å². The van der Waals surface area contributed by atoms with Crippen LogP contribution in [-0.2, 0) is 19.6 Å². The first-order chi connectivity index (χ1) is 11.1. The second kappa shape index (κ2) is 6.95. The van der Waals surface area contributed by atoms with Crippen molar-refractivity contribution in [2.75, 3.05) is 13.1 Å². The highest BCUT2D eigenvalue weighted by atomic mass is 16.1. The van der Waals surface area contributed by atoms with Gasteiger partial charge in [0, 0.05) is 50.7 Å². The highest BCUT2D eigenvalue weighted by Crippen LogP contribution is 2.12. The predicted molar refractivity (Wildman–Crippen MR) is 87.2 cm³/mol. The van der Waals surface area contributed by atoms with Gasteiger partial charge in [0.15, 0.2) is 0 Å². The van der Waals surface area contributed by atoms with E-state index in [2.05, 4.69) is 39.0 Å². The average Bonchev–Trinajstić information content (AvgIpc) is 3.17. The number of amides is 1. The van der Waals surface area contributed by atoms with E-state index >= 15 is 0 Å². The van der Waals surface area contributed by atoms with Gasteiger partial charge in [-0.1, -0.05) is 13.8 Å². The zero-order valence-electron chi connectivity index (χ0n) is 13.7. The van der Waals surface area contributed by atoms with Crippen LogP contribution in [0.4, 0.5) is 0 Å². The smallest absolute Gasteiger partial charge is 0.271 e. The van der Waals surface area contributed by atoms with Gasteiger partial charge < -0.3 is 19.8 Å². The summed E-state index contributed by atoms with van der Waals surface area (Å²) in [6.45, 7) is 8.28. The zero-order valence-corrected chi connectivity index (χ0v) is 13.7. The quantitative estimate of drug-likeness (QED) is 0.783. The molecular weight excluding hydrogens is 292 g/mol. The van der Waals surface area contributed by atoms with Crippen LogP contribution in [0.15, 0.2) is 18.6 Å². The number of carbonyl (C=O) groups excluding carboxylic acids is 1. The van der Waals surface area contributed by atoms with E-state index in [4.69, 9.17) is 0 Å². The molecule has 0 bridgehead atoms. The molecule has 124 valence electrons. The SMILES string of the molecule is CC(C)c1nccn1CCCNC(=O)c1cn2c(n1)CNCC2. The maximum absolute atomic E-state index is 12.2. The summed E-state index contributed by atoms with van der Waals surface area (Å²) < 4.78 is 4.20. The molecule has 7 heteroatoms. The first-order valence-corrected chi connectivity index (χ1v) is 8.21. The minimum absolute atomic E-state index is 0.0957. The minimum Gasteiger partial charge on any atom is -0.351 e. The van der Waals surface area contributed by atoms with Crippen LogP contribution < -0.4 is 10.6 Å². The van der Waals surface area contributed by atoms with Gasteiger partial charge in [-0.15, -0.1) is 0 Å². The molecule has 0 atom stereocenters. The van der Waals surface area contributed by atoms with Gasteiger partial charge in [-0.2, -0.15) is 0 Å². The highest BCUT2D eigenvalue weighted by molar-refractivity contribution is 5.92. The molecule has 0 radical (unpaired) electrons. The molecule has 0 saturated carbocycles. The van der Waals surface area contributed by atoms with E-state index in [1.165, 1.54) is 0 Å². The molecule has 23 heavy (non-hydrogen) atoms. The van der Waals surface area contributed by atoms with Crippen LogP contribution in [0.5, 0.6) is 0 Å². The van der Waals surface area contributed by atoms with E-state index in [0.717, 1.165) is 44.2 Å². The lowest BCUT2D eigenvalue weighted by atomic mass is 10.2. The normalized spacial score (nSPS) is 14.0. The fourth-order valence-electron chi connectivity index (χ4n) is 2.85. The summed E-state index contributed by atoms with van der Waals surface area (Å²) in [5, 5.41) is 6.20. The molecule has 0 fully saturated rings. The van der Waals surface area contributed by atoms with Crippen molar-refractivity contribution in [2.45, 2.75) is 45.8 Å². The highest BCUT2D eigenvalue weighted by Gasteiger charge is 2.16. The Balaban J connectivity index is 1.48. The number of imidazole rings is 2. The topological polar surface area (TPSA) is 76.8 Å². The summed E-state index contributed by atoms with van der Waals surface area (Å²) in [5.74, 6) is 2.33. The van der Waals surface area contributed by atoms with Crippen molar-refractivity contribution in [1.29, 1.82) is 0 Å². The zero-order chi connectivity index (χ0) is 16.2. The first kappa shape index (κ1) is 15.7. The summed E-state index contributed by atoms with van der Waals surface area (Å²) in [5.41, 5.74) is 0.509. The van der Waals surface area contributed by atoms with Crippen LogP contribution in [-0.4, -0.2) is 38.1 Å². The number of nitrogens with one attached hydrogen (secondary N) is 2. The number of carbonyl (C=O) groups is 1. The van der Waals surface area contributed by atoms with Gasteiger partial charge in [0.25, 0.3) is 5.91 Å². The Labute approximate surface area is 136 Å². The van der Waals surface area contributed by atoms with Gasteiger partial charge in [0.05, 0.1) is 6.54 Å². The molecule has 1 amide bonds. The fourth-order valence-corrected chi connectivity index (χ4v) is 2.85. The predicted octanol–water partition coefficient (Wildman–Crippen LogP) is 1.13. The van der Waals surface area contributed by atoms with E-state index in [1.807, 2.05) is 23.2 Å². The molecule has 2 aromatic heterocycles. The molecule has 0 aliphatic carbocycles. The number of aromatic nitrogens is 4. The van der Waals surface area contributed by atoms with E-state index in [1.54, 1.807) is 0 Å². The molecular formula is C16H24N6O. The number of rotatable bonds is 6. The molecule has 0 aromatic carbocycles. The second-order valence-electron chi connectivity index (χ2n) is 6.16. The van der Waals surface area contributed by atoms with Crippen LogP contribution in [0.1, 0.15) is 48.3 Å². The van der Waals surface area contributed by atoms with Gasteiger partial charge in [-0.3, -0.25) is 4.79 Å². The van der Waals surface area contributed by atoms with Gasteiger partial charge in [-0.05, 0) is 6.42 Å². The van der Waals surface area contributed by atoms with Crippen molar-refractivity contribution in [1.82, 2.24) is 29.7 Å². The number of nitrogens with zero attached hydrogens (tertiary/aromatic N) is 4. The lowest BCUT2D eigenvalue weighted by molar-refractivity contribution is 0.0948. The molecule has 2 aromatic rings. The maximum Gasteiger partial charge on any atom is 0.271 e. The summed E-state index contributed by atoms with van der Waals surface area (Å²) in [6, 6.07) is 0. The minimum atomic E-state index is -0.0957. The largest absolute Gasteiger partial charge is 0.351 e. The average molecular weight is 316 g/mol. The number of hydrogen-bond acceptors (Lipinski definition) is 4. The summed E-state index contributed by atoms with van der Waals surface area (Å²) in [4.78, 5) is 20.9. The van der Waals surface area contributed by atoms with Crippen molar-refractivity contribution < 1.29 is 4.79 Å². The molecule has 0 unspecified atom stereocenters. The molecule has 3 rings (SSSR count). The van der Waals surface area contributed by atoms with Crippen LogP contribution in [0.25, 0.3) is 0 Å². The van der Waals surface area contributed by atoms with Gasteiger partial charge in [-0.25, -0.2) is 9.97 Å². The van der Waals surface area contributed by atoms with Crippen LogP contribution >= 0.6 is 0 Å². The first-order valence-electron chi connectivity index (χ1n) is 8.21. The van der Waals surface area contributed by atoms with Crippen molar-refractivity contribution >= 4 is 5.91 Å². The molecule has 3 heterocycles. The summed E-state index contributed by atoms with van der Waals surface area (Å²) >= 11 is 0. The van der Waals surface area contributed by atoms with E-state index in [9.17, 15) is 4.79 Å². The Kier molecular flexibility index (Phi) is 4.76. The standard InChI is InChI=1S/C16H24N6O/c1-12(2)15-18-6-9-21(15)7-3-4-19-16(23)13-11-22-8-5-17-10-14(22)20-13/h6,9,11-12,17H,3-5,7-8,10H2,1-2H3,(H,19,23). The molecule has 2 N–H and O–H groups in total. The number of hydrogen-bond donors (Lipinski definition) is 2. The second-order valence-corrected chi connectivity index (χ2v) is 6.16. The molecule has 0 saturated heterocycles. The third-order valence-corrected chi connectivity index (χ3v) is 4.03. The monoisotopic (exact) mass is 316 g/mol. The molecule has 0 spiro atoms. The van der Waals surface area contributed by atoms with Crippen molar-refractivity contribution in [3.63, 3.8) is 0 Å². The van der Waals surface area contributed by atoms with Crippen LogP contribution in [0.3, 0.4) is 0 Å². The third kappa shape index (κ3) is 3.61. The van der Waals surface area contributed by atoms with E-state index in [-0.39, 0.29) is 5.91 Å². The summed E-state index contributed by atoms with van der Waals surface area (Å²) in [6.07, 6.45) is 6.54. The van der Waals surface area contributed by atoms with Crippen molar-refractivity contribution in [3.05, 3.63) is 35.9 Å². The Hall–Kier alpha value is -2.15. The Morgan fingerprint density at radius 3 is 3.13 bits per heavy atom. The lowest BCUT2D eigenvalue weighted by Crippen LogP contribution is -2.27. The maximum atomic E-state index is 12.2. The lowest BCUT2D eigenvalue weighted by Gasteiger charge is -2.13. The molecule has 7 nitrogen and oxygen atoms in total. The number of fused-ring (bicyclic) bond motifs is 1. The van der Waals surface area contributed by atoms with Crippen LogP contribution in [0, 0.1) is 0 Å². The summed E-state index contributed by atoms with van der Waals surface area (Å²) in [7, 11) is 0. The Morgan fingerprint density at radius 2 is 2.35 bits per heavy atom. The molecule has 1 aliphatic rings. The number of aryl methyl sites for hydroxylation is 1. The fraction of sp³-hybridized carbons (Fsp3) is 0.562. The van der Waals surface area contributed by atoms with Crippen molar-refractivity contribution in [2.24, 2.45) is 0 Å². The Bertz CT molecular complexity index is 648. The molecule has 1 aliphatic heterocycles. The van der Waals surface area contributed by atoms with E-state index in [0.29, 0.717) is 18.2 Å². The van der Waals surface area contributed by atoms with E-state index < -0.39 is 0 Å². The Morgan fingerprint density at radius 1 is 1.48 bits per heavy atom. The van der Waals surface area contributed by atoms with Gasteiger partial charge >= 0.3 is 0 Å². The van der Waals surface area contributed by atoms with Gasteiger partial charge in [0.2, 0.25) is 0 Å².